The van der Waals surface area contributed by atoms with E-state index in [1.165, 1.54) is 107 Å². The molecule has 300 valence electrons. The number of nitrogens with zero attached hydrogens (tertiary/aromatic N) is 2. The van der Waals surface area contributed by atoms with E-state index in [1.807, 2.05) is 0 Å². The first-order valence-corrected chi connectivity index (χ1v) is 22.2. The van der Waals surface area contributed by atoms with Gasteiger partial charge in [0.25, 0.3) is 0 Å². The van der Waals surface area contributed by atoms with Gasteiger partial charge in [0.05, 0.1) is 0 Å². The van der Waals surface area contributed by atoms with E-state index in [0.29, 0.717) is 0 Å². The first-order chi connectivity index (χ1) is 28.4. The largest absolute Gasteiger partial charge is 0.311 e. The molecule has 0 radical (unpaired) electrons. The normalized spacial score (nSPS) is 15.2. The fourth-order valence-electron chi connectivity index (χ4n) is 10.4. The molecule has 60 heavy (non-hydrogen) atoms. The summed E-state index contributed by atoms with van der Waals surface area (Å²) in [5, 5.41) is 2.70. The second-order valence-corrected chi connectivity index (χ2v) is 21.5. The lowest BCUT2D eigenvalue weighted by molar-refractivity contribution is 0.588. The third-order valence-corrected chi connectivity index (χ3v) is 14.1. The van der Waals surface area contributed by atoms with E-state index in [2.05, 4.69) is 219 Å². The van der Waals surface area contributed by atoms with E-state index in [0.717, 1.165) is 5.69 Å². The highest BCUT2D eigenvalue weighted by molar-refractivity contribution is 6.99. The van der Waals surface area contributed by atoms with Crippen molar-refractivity contribution in [3.63, 3.8) is 0 Å². The maximum Gasteiger partial charge on any atom is 0.247 e. The molecule has 7 aromatic carbocycles. The molecule has 0 spiro atoms. The van der Waals surface area contributed by atoms with E-state index in [9.17, 15) is 0 Å². The predicted molar refractivity (Wildman–Crippen MR) is 260 cm³/mol. The van der Waals surface area contributed by atoms with Crippen molar-refractivity contribution >= 4 is 68.0 Å². The third-order valence-electron chi connectivity index (χ3n) is 14.1. The summed E-state index contributed by atoms with van der Waals surface area (Å²) in [4.78, 5) is 5.09. The van der Waals surface area contributed by atoms with Gasteiger partial charge in [-0.15, -0.1) is 0 Å². The van der Waals surface area contributed by atoms with Crippen LogP contribution >= 0.6 is 0 Å². The molecule has 0 unspecified atom stereocenters. The average Bonchev–Trinajstić information content (AvgIpc) is 3.18. The summed E-state index contributed by atoms with van der Waals surface area (Å²) in [6.07, 6.45) is 2.36. The Bertz CT molecular complexity index is 2840. The Morgan fingerprint density at radius 1 is 0.517 bits per heavy atom. The van der Waals surface area contributed by atoms with Crippen molar-refractivity contribution < 1.29 is 0 Å². The smallest absolute Gasteiger partial charge is 0.247 e. The fraction of sp³-hybridized carbons (Fsp3) is 0.298. The monoisotopic (exact) mass is 782 g/mol. The van der Waals surface area contributed by atoms with Gasteiger partial charge in [0.15, 0.2) is 0 Å². The van der Waals surface area contributed by atoms with Crippen molar-refractivity contribution in [1.82, 2.24) is 0 Å². The van der Waals surface area contributed by atoms with Crippen LogP contribution in [-0.2, 0) is 34.5 Å². The molecule has 1 aliphatic carbocycles. The van der Waals surface area contributed by atoms with Gasteiger partial charge in [0, 0.05) is 39.5 Å². The molecule has 0 fully saturated rings. The van der Waals surface area contributed by atoms with Crippen LogP contribution in [0.3, 0.4) is 0 Å². The van der Waals surface area contributed by atoms with Gasteiger partial charge < -0.3 is 9.80 Å². The number of para-hydroxylation sites is 1. The zero-order valence-corrected chi connectivity index (χ0v) is 37.6. The molecule has 7 aromatic rings. The van der Waals surface area contributed by atoms with Crippen LogP contribution in [0.5, 0.6) is 0 Å². The number of hydrogen-bond acceptors (Lipinski definition) is 2. The number of benzene rings is 7. The average molecular weight is 783 g/mol. The molecule has 3 aliphatic rings. The van der Waals surface area contributed by atoms with Gasteiger partial charge >= 0.3 is 0 Å². The number of aryl methyl sites for hydroxylation is 2. The van der Waals surface area contributed by atoms with Crippen LogP contribution in [0.1, 0.15) is 115 Å². The van der Waals surface area contributed by atoms with E-state index in [-0.39, 0.29) is 28.4 Å². The lowest BCUT2D eigenvalue weighted by atomic mass is 9.30. The van der Waals surface area contributed by atoms with E-state index >= 15 is 0 Å². The predicted octanol–water partition coefficient (Wildman–Crippen LogP) is 13.2. The second kappa shape index (κ2) is 13.2. The van der Waals surface area contributed by atoms with Gasteiger partial charge in [0.2, 0.25) is 6.71 Å². The van der Waals surface area contributed by atoms with Crippen molar-refractivity contribution in [3.05, 3.63) is 172 Å². The Morgan fingerprint density at radius 2 is 1.17 bits per heavy atom. The molecule has 0 aromatic heterocycles. The maximum absolute atomic E-state index is 2.59. The van der Waals surface area contributed by atoms with Crippen molar-refractivity contribution in [2.45, 2.75) is 111 Å². The molecule has 0 saturated heterocycles. The number of hydrogen-bond donors (Lipinski definition) is 0. The standard InChI is InChI=1S/C57H59BN2/c1-54(2,3)38-20-24-42(25-21-38)60-51-30-23-40(56(7,8)9)33-50(51)58-49-32-39(55(4,5)6)22-29-47(49)57(10,11)48-34-44(35-52(60)53(48)58)59(41-15-13-12-14-16-41)43-26-28-46-37(31-43)18-17-36-19-27-45(36)46/h12-18,20-26,28-35H,19,27H2,1-11H3. The van der Waals surface area contributed by atoms with Crippen molar-refractivity contribution in [2.75, 3.05) is 9.80 Å². The number of fused-ring (bicyclic) bond motifs is 7. The summed E-state index contributed by atoms with van der Waals surface area (Å²) in [6, 6.07) is 52.0. The molecule has 0 amide bonds. The van der Waals surface area contributed by atoms with Gasteiger partial charge in [-0.2, -0.15) is 0 Å². The first-order valence-electron chi connectivity index (χ1n) is 22.2. The summed E-state index contributed by atoms with van der Waals surface area (Å²) >= 11 is 0. The zero-order chi connectivity index (χ0) is 42.1. The van der Waals surface area contributed by atoms with Crippen LogP contribution in [0.2, 0.25) is 0 Å². The van der Waals surface area contributed by atoms with Crippen molar-refractivity contribution in [3.8, 4) is 0 Å². The minimum absolute atomic E-state index is 0.00218. The van der Waals surface area contributed by atoms with Crippen LogP contribution < -0.4 is 26.2 Å². The summed E-state index contributed by atoms with van der Waals surface area (Å²) in [5.74, 6) is 0. The molecular weight excluding hydrogens is 723 g/mol. The quantitative estimate of drug-likeness (QED) is 0.164. The zero-order valence-electron chi connectivity index (χ0n) is 37.6. The molecule has 2 heterocycles. The van der Waals surface area contributed by atoms with Gasteiger partial charge in [-0.3, -0.25) is 0 Å². The Balaban J connectivity index is 1.29. The summed E-state index contributed by atoms with van der Waals surface area (Å²) in [6.45, 7) is 26.0. The van der Waals surface area contributed by atoms with Crippen LogP contribution in [0.15, 0.2) is 133 Å². The van der Waals surface area contributed by atoms with Crippen LogP contribution in [0.4, 0.5) is 34.1 Å². The highest BCUT2D eigenvalue weighted by atomic mass is 15.2. The molecule has 0 saturated carbocycles. The lowest BCUT2D eigenvalue weighted by Crippen LogP contribution is -2.64. The highest BCUT2D eigenvalue weighted by Gasteiger charge is 2.47. The second-order valence-electron chi connectivity index (χ2n) is 21.5. The minimum Gasteiger partial charge on any atom is -0.311 e. The maximum atomic E-state index is 2.59. The first kappa shape index (κ1) is 38.7. The summed E-state index contributed by atoms with van der Waals surface area (Å²) < 4.78 is 0. The molecular formula is C57H59BN2. The SMILES string of the molecule is CC(C)(C)c1ccc(N2c3ccc(C(C)(C)C)cc3B3c4cc(C(C)(C)C)ccc4C(C)(C)c4cc(N(c5ccccc5)c5ccc6c7c(ccc6c5)CC7)cc2c43)cc1. The molecule has 2 nitrogen and oxygen atoms in total. The Labute approximate surface area is 359 Å². The van der Waals surface area contributed by atoms with E-state index < -0.39 is 0 Å². The highest BCUT2D eigenvalue weighted by Crippen LogP contribution is 2.48. The molecule has 10 rings (SSSR count). The van der Waals surface area contributed by atoms with Crippen LogP contribution in [0.25, 0.3) is 10.8 Å². The Hall–Kier alpha value is -5.54. The van der Waals surface area contributed by atoms with Crippen molar-refractivity contribution in [2.24, 2.45) is 0 Å². The summed E-state index contributed by atoms with van der Waals surface area (Å²) in [7, 11) is 0. The molecule has 2 aliphatic heterocycles. The Kier molecular flexibility index (Phi) is 8.52. The van der Waals surface area contributed by atoms with Crippen LogP contribution in [-0.4, -0.2) is 6.71 Å². The minimum atomic E-state index is -0.267. The topological polar surface area (TPSA) is 6.48 Å². The molecule has 3 heteroatoms. The van der Waals surface area contributed by atoms with Crippen molar-refractivity contribution in [1.29, 1.82) is 0 Å². The fourth-order valence-corrected chi connectivity index (χ4v) is 10.4. The molecule has 0 bridgehead atoms. The van der Waals surface area contributed by atoms with Gasteiger partial charge in [-0.1, -0.05) is 160 Å². The lowest BCUT2D eigenvalue weighted by Gasteiger charge is -2.47. The van der Waals surface area contributed by atoms with E-state index in [1.54, 1.807) is 0 Å². The third kappa shape index (κ3) is 6.06. The van der Waals surface area contributed by atoms with Gasteiger partial charge in [-0.05, 0) is 144 Å². The molecule has 0 atom stereocenters. The van der Waals surface area contributed by atoms with Crippen LogP contribution in [0, 0.1) is 0 Å². The number of anilines is 6. The number of rotatable bonds is 4. The van der Waals surface area contributed by atoms with Gasteiger partial charge in [-0.25, -0.2) is 0 Å². The Morgan fingerprint density at radius 3 is 1.82 bits per heavy atom. The van der Waals surface area contributed by atoms with Gasteiger partial charge in [0.1, 0.15) is 0 Å². The summed E-state index contributed by atoms with van der Waals surface area (Å²) in [5.41, 5.74) is 21.2. The van der Waals surface area contributed by atoms with E-state index in [4.69, 9.17) is 0 Å². The molecule has 0 N–H and O–H groups in total.